The van der Waals surface area contributed by atoms with Crippen LogP contribution in [-0.4, -0.2) is 18.3 Å². The third-order valence-corrected chi connectivity index (χ3v) is 3.06. The van der Waals surface area contributed by atoms with Gasteiger partial charge in [0, 0.05) is 17.9 Å². The fourth-order valence-corrected chi connectivity index (χ4v) is 2.15. The normalized spacial score (nSPS) is 10.4. The summed E-state index contributed by atoms with van der Waals surface area (Å²) in [6.07, 6.45) is 2.22. The molecule has 2 nitrogen and oxygen atoms in total. The highest BCUT2D eigenvalue weighted by atomic mass is 35.5. The van der Waals surface area contributed by atoms with Gasteiger partial charge in [0.2, 0.25) is 0 Å². The van der Waals surface area contributed by atoms with E-state index in [1.54, 1.807) is 0 Å². The van der Waals surface area contributed by atoms with Crippen molar-refractivity contribution in [3.8, 4) is 5.75 Å². The van der Waals surface area contributed by atoms with Crippen LogP contribution in [0.2, 0.25) is 0 Å². The first-order valence-electron chi connectivity index (χ1n) is 6.43. The predicted molar refractivity (Wildman–Crippen MR) is 76.0 cm³/mol. The van der Waals surface area contributed by atoms with E-state index < -0.39 is 0 Å². The number of alkyl halides is 1. The Labute approximate surface area is 114 Å². The summed E-state index contributed by atoms with van der Waals surface area (Å²) in [5.41, 5.74) is 2.80. The molecule has 0 radical (unpaired) electrons. The third-order valence-electron chi connectivity index (χ3n) is 2.80. The molecule has 100 valence electrons. The fourth-order valence-electron chi connectivity index (χ4n) is 2.02. The molecule has 0 aliphatic carbocycles. The predicted octanol–water partition coefficient (Wildman–Crippen LogP) is 4.29. The lowest BCUT2D eigenvalue weighted by atomic mass is 9.96. The lowest BCUT2D eigenvalue weighted by Gasteiger charge is -2.12. The van der Waals surface area contributed by atoms with Crippen LogP contribution in [0.3, 0.4) is 0 Å². The van der Waals surface area contributed by atoms with Crippen molar-refractivity contribution < 1.29 is 9.53 Å². The standard InChI is InChI=1S/C15H21ClO2/c1-4-8-18-13-9-11(2)15(12(3)10-13)14(17)6-5-7-16/h9-10H,4-8H2,1-3H3. The molecular formula is C15H21ClO2. The first-order chi connectivity index (χ1) is 8.60. The number of hydrogen-bond acceptors (Lipinski definition) is 2. The summed E-state index contributed by atoms with van der Waals surface area (Å²) in [7, 11) is 0. The first-order valence-corrected chi connectivity index (χ1v) is 6.96. The Morgan fingerprint density at radius 2 is 1.89 bits per heavy atom. The van der Waals surface area contributed by atoms with Crippen LogP contribution in [0.5, 0.6) is 5.75 Å². The molecule has 0 unspecified atom stereocenters. The van der Waals surface area contributed by atoms with Gasteiger partial charge in [0.05, 0.1) is 6.61 Å². The van der Waals surface area contributed by atoms with Crippen molar-refractivity contribution in [3.63, 3.8) is 0 Å². The molecule has 0 aliphatic rings. The first kappa shape index (κ1) is 15.0. The summed E-state index contributed by atoms with van der Waals surface area (Å²) in [6, 6.07) is 3.88. The van der Waals surface area contributed by atoms with Crippen molar-refractivity contribution >= 4 is 17.4 Å². The number of rotatable bonds is 7. The molecule has 0 saturated heterocycles. The second-order valence-electron chi connectivity index (χ2n) is 4.50. The van der Waals surface area contributed by atoms with Gasteiger partial charge in [0.15, 0.2) is 5.78 Å². The molecule has 1 aromatic rings. The zero-order valence-electron chi connectivity index (χ0n) is 11.4. The summed E-state index contributed by atoms with van der Waals surface area (Å²) in [5, 5.41) is 0. The smallest absolute Gasteiger partial charge is 0.163 e. The van der Waals surface area contributed by atoms with Crippen LogP contribution in [0.15, 0.2) is 12.1 Å². The summed E-state index contributed by atoms with van der Waals surface area (Å²) >= 11 is 5.62. The van der Waals surface area contributed by atoms with Crippen LogP contribution < -0.4 is 4.74 Å². The number of Topliss-reactive ketones (excluding diaryl/α,β-unsaturated/α-hetero) is 1. The summed E-state index contributed by atoms with van der Waals surface area (Å²) in [4.78, 5) is 12.1. The van der Waals surface area contributed by atoms with Gasteiger partial charge in [0.25, 0.3) is 0 Å². The van der Waals surface area contributed by atoms with Gasteiger partial charge in [-0.3, -0.25) is 4.79 Å². The van der Waals surface area contributed by atoms with Crippen molar-refractivity contribution in [2.45, 2.75) is 40.0 Å². The lowest BCUT2D eigenvalue weighted by molar-refractivity contribution is 0.0980. The maximum absolute atomic E-state index is 12.1. The molecule has 0 aliphatic heterocycles. The van der Waals surface area contributed by atoms with Crippen LogP contribution in [0.1, 0.15) is 47.7 Å². The molecule has 1 aromatic carbocycles. The van der Waals surface area contributed by atoms with Crippen molar-refractivity contribution in [1.29, 1.82) is 0 Å². The van der Waals surface area contributed by atoms with Crippen molar-refractivity contribution in [3.05, 3.63) is 28.8 Å². The Bertz CT molecular complexity index is 390. The quantitative estimate of drug-likeness (QED) is 0.545. The van der Waals surface area contributed by atoms with Gasteiger partial charge in [-0.25, -0.2) is 0 Å². The molecule has 3 heteroatoms. The molecule has 1 rings (SSSR count). The number of benzene rings is 1. The molecule has 0 aromatic heterocycles. The van der Waals surface area contributed by atoms with Crippen molar-refractivity contribution in [2.75, 3.05) is 12.5 Å². The van der Waals surface area contributed by atoms with Gasteiger partial charge in [-0.1, -0.05) is 6.92 Å². The van der Waals surface area contributed by atoms with Crippen LogP contribution >= 0.6 is 11.6 Å². The molecule has 0 fully saturated rings. The maximum Gasteiger partial charge on any atom is 0.163 e. The number of aryl methyl sites for hydroxylation is 2. The van der Waals surface area contributed by atoms with E-state index in [9.17, 15) is 4.79 Å². The minimum atomic E-state index is 0.174. The van der Waals surface area contributed by atoms with Gasteiger partial charge in [-0.05, 0) is 49.9 Å². The molecule has 0 heterocycles. The van der Waals surface area contributed by atoms with Gasteiger partial charge in [0.1, 0.15) is 5.75 Å². The van der Waals surface area contributed by atoms with Crippen LogP contribution in [-0.2, 0) is 0 Å². The van der Waals surface area contributed by atoms with E-state index >= 15 is 0 Å². The zero-order chi connectivity index (χ0) is 13.5. The Balaban J connectivity index is 2.90. The number of ketones is 1. The van der Waals surface area contributed by atoms with E-state index in [1.165, 1.54) is 0 Å². The number of ether oxygens (including phenoxy) is 1. The average Bonchev–Trinajstić information content (AvgIpc) is 2.33. The van der Waals surface area contributed by atoms with Crippen molar-refractivity contribution in [1.82, 2.24) is 0 Å². The summed E-state index contributed by atoms with van der Waals surface area (Å²) in [6.45, 7) is 6.70. The molecule has 0 spiro atoms. The molecule has 0 saturated carbocycles. The van der Waals surface area contributed by atoms with Gasteiger partial charge in [-0.15, -0.1) is 11.6 Å². The monoisotopic (exact) mass is 268 g/mol. The highest BCUT2D eigenvalue weighted by Gasteiger charge is 2.13. The number of carbonyl (C=O) groups excluding carboxylic acids is 1. The molecule has 0 N–H and O–H groups in total. The van der Waals surface area contributed by atoms with Crippen LogP contribution in [0, 0.1) is 13.8 Å². The van der Waals surface area contributed by atoms with E-state index in [2.05, 4.69) is 6.92 Å². The van der Waals surface area contributed by atoms with E-state index in [1.807, 2.05) is 26.0 Å². The van der Waals surface area contributed by atoms with E-state index in [4.69, 9.17) is 16.3 Å². The fraction of sp³-hybridized carbons (Fsp3) is 0.533. The third kappa shape index (κ3) is 4.02. The second kappa shape index (κ2) is 7.42. The Morgan fingerprint density at radius 1 is 1.28 bits per heavy atom. The molecule has 0 atom stereocenters. The van der Waals surface area contributed by atoms with Gasteiger partial charge in [-0.2, -0.15) is 0 Å². The molecule has 0 bridgehead atoms. The van der Waals surface area contributed by atoms with Crippen LogP contribution in [0.4, 0.5) is 0 Å². The topological polar surface area (TPSA) is 26.3 Å². The van der Waals surface area contributed by atoms with E-state index in [-0.39, 0.29) is 5.78 Å². The van der Waals surface area contributed by atoms with Crippen molar-refractivity contribution in [2.24, 2.45) is 0 Å². The summed E-state index contributed by atoms with van der Waals surface area (Å²) in [5.74, 6) is 1.55. The SMILES string of the molecule is CCCOc1cc(C)c(C(=O)CCCCl)c(C)c1. The highest BCUT2D eigenvalue weighted by molar-refractivity contribution is 6.18. The van der Waals surface area contributed by atoms with E-state index in [0.29, 0.717) is 18.9 Å². The highest BCUT2D eigenvalue weighted by Crippen LogP contribution is 2.23. The number of halogens is 1. The zero-order valence-corrected chi connectivity index (χ0v) is 12.1. The largest absolute Gasteiger partial charge is 0.494 e. The second-order valence-corrected chi connectivity index (χ2v) is 4.87. The molecule has 18 heavy (non-hydrogen) atoms. The molecular weight excluding hydrogens is 248 g/mol. The summed E-state index contributed by atoms with van der Waals surface area (Å²) < 4.78 is 5.60. The minimum absolute atomic E-state index is 0.174. The molecule has 0 amide bonds. The number of hydrogen-bond donors (Lipinski definition) is 0. The van der Waals surface area contributed by atoms with Crippen LogP contribution in [0.25, 0.3) is 0 Å². The Morgan fingerprint density at radius 3 is 2.39 bits per heavy atom. The Hall–Kier alpha value is -1.02. The number of carbonyl (C=O) groups is 1. The maximum atomic E-state index is 12.1. The van der Waals surface area contributed by atoms with Gasteiger partial charge < -0.3 is 4.74 Å². The Kier molecular flexibility index (Phi) is 6.20. The van der Waals surface area contributed by atoms with E-state index in [0.717, 1.165) is 35.3 Å². The lowest BCUT2D eigenvalue weighted by Crippen LogP contribution is -2.06. The van der Waals surface area contributed by atoms with Gasteiger partial charge >= 0.3 is 0 Å². The average molecular weight is 269 g/mol. The minimum Gasteiger partial charge on any atom is -0.494 e.